The van der Waals surface area contributed by atoms with Gasteiger partial charge in [0.1, 0.15) is 11.3 Å². The lowest BCUT2D eigenvalue weighted by Crippen LogP contribution is -2.04. The molecular weight excluding hydrogens is 327 g/mol. The molecule has 1 heterocycles. The van der Waals surface area contributed by atoms with Crippen LogP contribution in [0.15, 0.2) is 66.7 Å². The van der Waals surface area contributed by atoms with Crippen molar-refractivity contribution in [2.24, 2.45) is 0 Å². The van der Waals surface area contributed by atoms with Crippen LogP contribution in [-0.4, -0.2) is 16.9 Å². The fourth-order valence-corrected chi connectivity index (χ4v) is 3.30. The first-order valence-corrected chi connectivity index (χ1v) is 8.51. The van der Waals surface area contributed by atoms with Crippen molar-refractivity contribution < 1.29 is 9.13 Å². The number of aromatic nitrogens is 2. The molecule has 0 fully saturated rings. The number of aryl methyl sites for hydroxylation is 1. The molecule has 0 unspecified atom stereocenters. The van der Waals surface area contributed by atoms with Crippen LogP contribution in [0.5, 0.6) is 5.75 Å². The lowest BCUT2D eigenvalue weighted by atomic mass is 10.0. The maximum atomic E-state index is 14.4. The zero-order valence-electron chi connectivity index (χ0n) is 14.7. The van der Waals surface area contributed by atoms with E-state index < -0.39 is 0 Å². The van der Waals surface area contributed by atoms with E-state index in [4.69, 9.17) is 4.74 Å². The van der Waals surface area contributed by atoms with Gasteiger partial charge in [-0.25, -0.2) is 4.39 Å². The second kappa shape index (κ2) is 6.64. The van der Waals surface area contributed by atoms with E-state index in [0.29, 0.717) is 12.1 Å². The number of halogens is 1. The van der Waals surface area contributed by atoms with Crippen molar-refractivity contribution in [3.8, 4) is 17.0 Å². The van der Waals surface area contributed by atoms with Gasteiger partial charge >= 0.3 is 0 Å². The van der Waals surface area contributed by atoms with Crippen LogP contribution in [0.2, 0.25) is 0 Å². The molecule has 0 amide bonds. The molecule has 0 aliphatic rings. The number of rotatable bonds is 4. The van der Waals surface area contributed by atoms with Crippen LogP contribution in [0.25, 0.3) is 22.2 Å². The average Bonchev–Trinajstić information content (AvgIpc) is 3.02. The third kappa shape index (κ3) is 2.84. The van der Waals surface area contributed by atoms with Gasteiger partial charge in [0.05, 0.1) is 19.3 Å². The molecule has 0 atom stereocenters. The van der Waals surface area contributed by atoms with E-state index in [-0.39, 0.29) is 5.82 Å². The van der Waals surface area contributed by atoms with Crippen molar-refractivity contribution in [2.75, 3.05) is 7.11 Å². The molecule has 130 valence electrons. The molecule has 1 aromatic heterocycles. The van der Waals surface area contributed by atoms with Crippen LogP contribution >= 0.6 is 0 Å². The maximum Gasteiger partial charge on any atom is 0.151 e. The topological polar surface area (TPSA) is 27.1 Å². The van der Waals surface area contributed by atoms with Crippen LogP contribution in [0, 0.1) is 12.7 Å². The summed E-state index contributed by atoms with van der Waals surface area (Å²) in [5.74, 6) is 0.498. The number of ether oxygens (including phenoxy) is 1. The zero-order chi connectivity index (χ0) is 18.1. The fourth-order valence-electron chi connectivity index (χ4n) is 3.30. The lowest BCUT2D eigenvalue weighted by molar-refractivity contribution is 0.414. The minimum Gasteiger partial charge on any atom is -0.497 e. The van der Waals surface area contributed by atoms with Crippen molar-refractivity contribution in [1.82, 2.24) is 9.78 Å². The lowest BCUT2D eigenvalue weighted by Gasteiger charge is -2.12. The van der Waals surface area contributed by atoms with Crippen molar-refractivity contribution >= 4 is 10.9 Å². The first kappa shape index (κ1) is 16.3. The average molecular weight is 346 g/mol. The Balaban J connectivity index is 1.94. The minimum absolute atomic E-state index is 0.304. The predicted molar refractivity (Wildman–Crippen MR) is 102 cm³/mol. The first-order chi connectivity index (χ1) is 12.7. The molecule has 0 saturated heterocycles. The molecular formula is C22H19FN2O. The van der Waals surface area contributed by atoms with Crippen LogP contribution < -0.4 is 4.74 Å². The standard InChI is InChI=1S/C22H19FN2O/c1-15-13-17(26-2)11-12-18(15)22-19-9-6-10-20(23)21(19)24-25(22)14-16-7-4-3-5-8-16/h3-13H,14H2,1-2H3. The number of benzene rings is 3. The molecule has 4 aromatic rings. The molecule has 3 aromatic carbocycles. The van der Waals surface area contributed by atoms with Gasteiger partial charge in [0.2, 0.25) is 0 Å². The minimum atomic E-state index is -0.304. The van der Waals surface area contributed by atoms with E-state index in [1.165, 1.54) is 6.07 Å². The normalized spacial score (nSPS) is 11.0. The number of hydrogen-bond donors (Lipinski definition) is 0. The molecule has 3 nitrogen and oxygen atoms in total. The van der Waals surface area contributed by atoms with Gasteiger partial charge < -0.3 is 4.74 Å². The fraction of sp³-hybridized carbons (Fsp3) is 0.136. The second-order valence-corrected chi connectivity index (χ2v) is 6.31. The van der Waals surface area contributed by atoms with E-state index in [2.05, 4.69) is 5.10 Å². The van der Waals surface area contributed by atoms with E-state index in [0.717, 1.165) is 33.5 Å². The van der Waals surface area contributed by atoms with Crippen molar-refractivity contribution in [1.29, 1.82) is 0 Å². The van der Waals surface area contributed by atoms with Crippen LogP contribution in [0.3, 0.4) is 0 Å². The summed E-state index contributed by atoms with van der Waals surface area (Å²) in [5.41, 5.74) is 4.52. The third-order valence-corrected chi connectivity index (χ3v) is 4.58. The Kier molecular flexibility index (Phi) is 4.17. The monoisotopic (exact) mass is 346 g/mol. The summed E-state index contributed by atoms with van der Waals surface area (Å²) in [5, 5.41) is 5.39. The second-order valence-electron chi connectivity index (χ2n) is 6.31. The van der Waals surface area contributed by atoms with Crippen molar-refractivity contribution in [2.45, 2.75) is 13.5 Å². The highest BCUT2D eigenvalue weighted by atomic mass is 19.1. The number of methoxy groups -OCH3 is 1. The molecule has 0 spiro atoms. The van der Waals surface area contributed by atoms with Gasteiger partial charge in [-0.1, -0.05) is 42.5 Å². The van der Waals surface area contributed by atoms with Crippen molar-refractivity contribution in [3.05, 3.63) is 83.7 Å². The Morgan fingerprint density at radius 2 is 1.81 bits per heavy atom. The van der Waals surface area contributed by atoms with Crippen LogP contribution in [0.1, 0.15) is 11.1 Å². The number of hydrogen-bond acceptors (Lipinski definition) is 2. The summed E-state index contributed by atoms with van der Waals surface area (Å²) in [4.78, 5) is 0. The molecule has 0 N–H and O–H groups in total. The van der Waals surface area contributed by atoms with Gasteiger partial charge in [-0.2, -0.15) is 5.10 Å². The Morgan fingerprint density at radius 1 is 1.00 bits per heavy atom. The van der Waals surface area contributed by atoms with Gasteiger partial charge in [0.15, 0.2) is 5.82 Å². The Hall–Kier alpha value is -3.14. The van der Waals surface area contributed by atoms with Gasteiger partial charge in [0.25, 0.3) is 0 Å². The van der Waals surface area contributed by atoms with E-state index in [1.807, 2.05) is 66.2 Å². The highest BCUT2D eigenvalue weighted by Gasteiger charge is 2.18. The summed E-state index contributed by atoms with van der Waals surface area (Å²) in [7, 11) is 1.65. The SMILES string of the molecule is COc1ccc(-c2c3cccc(F)c3nn2Cc2ccccc2)c(C)c1. The molecule has 0 bridgehead atoms. The Labute approximate surface area is 151 Å². The third-order valence-electron chi connectivity index (χ3n) is 4.58. The summed E-state index contributed by atoms with van der Waals surface area (Å²) < 4.78 is 21.6. The molecule has 0 aliphatic carbocycles. The van der Waals surface area contributed by atoms with E-state index in [1.54, 1.807) is 13.2 Å². The van der Waals surface area contributed by atoms with Crippen molar-refractivity contribution in [3.63, 3.8) is 0 Å². The van der Waals surface area contributed by atoms with Gasteiger partial charge in [-0.15, -0.1) is 0 Å². The summed E-state index contributed by atoms with van der Waals surface area (Å²) in [6.07, 6.45) is 0. The van der Waals surface area contributed by atoms with Gasteiger partial charge in [0, 0.05) is 10.9 Å². The molecule has 0 radical (unpaired) electrons. The largest absolute Gasteiger partial charge is 0.497 e. The molecule has 0 aliphatic heterocycles. The van der Waals surface area contributed by atoms with Crippen LogP contribution in [0.4, 0.5) is 4.39 Å². The first-order valence-electron chi connectivity index (χ1n) is 8.51. The molecule has 0 saturated carbocycles. The summed E-state index contributed by atoms with van der Waals surface area (Å²) >= 11 is 0. The summed E-state index contributed by atoms with van der Waals surface area (Å²) in [6, 6.07) is 21.1. The molecule has 4 heteroatoms. The van der Waals surface area contributed by atoms with E-state index in [9.17, 15) is 4.39 Å². The van der Waals surface area contributed by atoms with Gasteiger partial charge in [-0.05, 0) is 42.3 Å². The Morgan fingerprint density at radius 3 is 2.54 bits per heavy atom. The van der Waals surface area contributed by atoms with E-state index >= 15 is 0 Å². The highest BCUT2D eigenvalue weighted by molar-refractivity contribution is 5.94. The number of fused-ring (bicyclic) bond motifs is 1. The molecule has 26 heavy (non-hydrogen) atoms. The van der Waals surface area contributed by atoms with Gasteiger partial charge in [-0.3, -0.25) is 4.68 Å². The smallest absolute Gasteiger partial charge is 0.151 e. The van der Waals surface area contributed by atoms with Crippen LogP contribution in [-0.2, 0) is 6.54 Å². The Bertz CT molecular complexity index is 1070. The zero-order valence-corrected chi connectivity index (χ0v) is 14.7. The highest BCUT2D eigenvalue weighted by Crippen LogP contribution is 2.34. The summed E-state index contributed by atoms with van der Waals surface area (Å²) in [6.45, 7) is 2.61. The predicted octanol–water partition coefficient (Wildman–Crippen LogP) is 5.21. The number of nitrogens with zero attached hydrogens (tertiary/aromatic N) is 2. The maximum absolute atomic E-state index is 14.4. The quantitative estimate of drug-likeness (QED) is 0.507. The molecule has 4 rings (SSSR count).